The summed E-state index contributed by atoms with van der Waals surface area (Å²) < 4.78 is 2.34. The summed E-state index contributed by atoms with van der Waals surface area (Å²) in [6, 6.07) is 4.73. The minimum atomic E-state index is 0.268. The third-order valence-corrected chi connectivity index (χ3v) is 6.36. The number of nitrogens with one attached hydrogen (secondary N) is 1. The molecule has 0 amide bonds. The van der Waals surface area contributed by atoms with Gasteiger partial charge in [-0.25, -0.2) is 0 Å². The van der Waals surface area contributed by atoms with E-state index in [9.17, 15) is 0 Å². The summed E-state index contributed by atoms with van der Waals surface area (Å²) >= 11 is 10.8. The molecule has 0 spiro atoms. The zero-order valence-electron chi connectivity index (χ0n) is 9.80. The van der Waals surface area contributed by atoms with Gasteiger partial charge in [0.15, 0.2) is 0 Å². The van der Waals surface area contributed by atoms with E-state index in [0.29, 0.717) is 0 Å². The molecule has 1 atom stereocenters. The maximum absolute atomic E-state index is 3.63. The summed E-state index contributed by atoms with van der Waals surface area (Å²) in [7, 11) is 2.01. The Bertz CT molecular complexity index is 511. The van der Waals surface area contributed by atoms with E-state index in [1.54, 1.807) is 11.3 Å². The first-order chi connectivity index (χ1) is 8.02. The van der Waals surface area contributed by atoms with Crippen molar-refractivity contribution in [2.24, 2.45) is 0 Å². The molecule has 1 unspecified atom stereocenters. The van der Waals surface area contributed by atoms with Gasteiger partial charge in [-0.3, -0.25) is 0 Å². The van der Waals surface area contributed by atoms with Crippen molar-refractivity contribution in [3.8, 4) is 0 Å². The van der Waals surface area contributed by atoms with Crippen molar-refractivity contribution in [1.29, 1.82) is 0 Å². The number of hydrogen-bond acceptors (Lipinski definition) is 3. The van der Waals surface area contributed by atoms with Crippen LogP contribution in [-0.2, 0) is 0 Å². The lowest BCUT2D eigenvalue weighted by molar-refractivity contribution is 0.703. The van der Waals surface area contributed by atoms with E-state index < -0.39 is 0 Å². The minimum Gasteiger partial charge on any atom is -0.309 e. The van der Waals surface area contributed by atoms with Crippen LogP contribution in [0.15, 0.2) is 19.7 Å². The highest BCUT2D eigenvalue weighted by atomic mass is 79.9. The molecule has 2 aromatic heterocycles. The summed E-state index contributed by atoms with van der Waals surface area (Å²) in [5.74, 6) is 0. The van der Waals surface area contributed by atoms with Crippen molar-refractivity contribution in [3.63, 3.8) is 0 Å². The molecule has 2 aromatic rings. The molecule has 2 rings (SSSR count). The van der Waals surface area contributed by atoms with Gasteiger partial charge in [0.1, 0.15) is 0 Å². The fraction of sp³-hybridized carbons (Fsp3) is 0.333. The predicted octanol–water partition coefficient (Wildman–Crippen LogP) is 5.26. The van der Waals surface area contributed by atoms with Crippen molar-refractivity contribution < 1.29 is 0 Å². The maximum atomic E-state index is 3.63. The van der Waals surface area contributed by atoms with Gasteiger partial charge in [0.2, 0.25) is 0 Å². The average Bonchev–Trinajstić information content (AvgIpc) is 2.74. The van der Waals surface area contributed by atoms with Crippen LogP contribution < -0.4 is 5.32 Å². The Labute approximate surface area is 127 Å². The number of aryl methyl sites for hydroxylation is 2. The standard InChI is InChI=1S/C12H13Br2NS2/c1-6-4-9(16-7(6)2)11(15-3)8-5-10(13)17-12(8)14/h4-5,11,15H,1-3H3. The van der Waals surface area contributed by atoms with Crippen molar-refractivity contribution in [3.05, 3.63) is 40.6 Å². The molecule has 5 heteroatoms. The van der Waals surface area contributed by atoms with Crippen LogP contribution in [0.25, 0.3) is 0 Å². The molecule has 0 aliphatic rings. The topological polar surface area (TPSA) is 12.0 Å². The largest absolute Gasteiger partial charge is 0.309 e. The van der Waals surface area contributed by atoms with E-state index in [0.717, 1.165) is 3.79 Å². The molecule has 92 valence electrons. The average molecular weight is 395 g/mol. The van der Waals surface area contributed by atoms with E-state index in [2.05, 4.69) is 63.2 Å². The van der Waals surface area contributed by atoms with Crippen molar-refractivity contribution in [2.75, 3.05) is 7.05 Å². The zero-order chi connectivity index (χ0) is 12.6. The summed E-state index contributed by atoms with van der Waals surface area (Å²) in [5, 5.41) is 3.40. The number of rotatable bonds is 3. The summed E-state index contributed by atoms with van der Waals surface area (Å²) in [6.07, 6.45) is 0. The highest BCUT2D eigenvalue weighted by Crippen LogP contribution is 2.39. The summed E-state index contributed by atoms with van der Waals surface area (Å²) in [6.45, 7) is 4.34. The van der Waals surface area contributed by atoms with Gasteiger partial charge in [0.05, 0.1) is 13.6 Å². The van der Waals surface area contributed by atoms with E-state index in [4.69, 9.17) is 0 Å². The molecule has 0 fully saturated rings. The Morgan fingerprint density at radius 3 is 2.29 bits per heavy atom. The molecule has 0 saturated carbocycles. The fourth-order valence-electron chi connectivity index (χ4n) is 1.74. The lowest BCUT2D eigenvalue weighted by atomic mass is 10.1. The molecular weight excluding hydrogens is 382 g/mol. The maximum Gasteiger partial charge on any atom is 0.0762 e. The Balaban J connectivity index is 2.43. The Morgan fingerprint density at radius 1 is 1.18 bits per heavy atom. The Hall–Kier alpha value is 0.320. The van der Waals surface area contributed by atoms with Gasteiger partial charge in [0.25, 0.3) is 0 Å². The molecule has 0 radical (unpaired) electrons. The summed E-state index contributed by atoms with van der Waals surface area (Å²) in [4.78, 5) is 2.76. The molecular formula is C12H13Br2NS2. The van der Waals surface area contributed by atoms with Gasteiger partial charge in [-0.05, 0) is 70.5 Å². The SMILES string of the molecule is CNC(c1cc(C)c(C)s1)c1cc(Br)sc1Br. The van der Waals surface area contributed by atoms with Crippen molar-refractivity contribution in [2.45, 2.75) is 19.9 Å². The zero-order valence-corrected chi connectivity index (χ0v) is 14.6. The summed E-state index contributed by atoms with van der Waals surface area (Å²) in [5.41, 5.74) is 2.67. The van der Waals surface area contributed by atoms with Gasteiger partial charge in [-0.1, -0.05) is 0 Å². The molecule has 0 aliphatic carbocycles. The Kier molecular flexibility index (Phi) is 4.47. The first-order valence-corrected chi connectivity index (χ1v) is 8.43. The number of hydrogen-bond donors (Lipinski definition) is 1. The van der Waals surface area contributed by atoms with Crippen LogP contribution in [-0.4, -0.2) is 7.05 Å². The minimum absolute atomic E-state index is 0.268. The Morgan fingerprint density at radius 2 is 1.88 bits per heavy atom. The molecule has 2 heterocycles. The third kappa shape index (κ3) is 2.84. The predicted molar refractivity (Wildman–Crippen MR) is 84.4 cm³/mol. The van der Waals surface area contributed by atoms with Crippen LogP contribution in [0.2, 0.25) is 0 Å². The second-order valence-corrected chi connectivity index (χ2v) is 8.93. The van der Waals surface area contributed by atoms with Gasteiger partial charge < -0.3 is 5.32 Å². The van der Waals surface area contributed by atoms with Crippen LogP contribution in [0, 0.1) is 13.8 Å². The third-order valence-electron chi connectivity index (χ3n) is 2.75. The first kappa shape index (κ1) is 13.7. The number of halogens is 2. The van der Waals surface area contributed by atoms with Crippen LogP contribution in [0.3, 0.4) is 0 Å². The van der Waals surface area contributed by atoms with E-state index in [-0.39, 0.29) is 6.04 Å². The van der Waals surface area contributed by atoms with E-state index in [1.807, 2.05) is 18.4 Å². The van der Waals surface area contributed by atoms with Gasteiger partial charge in [-0.15, -0.1) is 22.7 Å². The smallest absolute Gasteiger partial charge is 0.0762 e. The van der Waals surface area contributed by atoms with Crippen LogP contribution in [0.5, 0.6) is 0 Å². The normalized spacial score (nSPS) is 13.0. The lowest BCUT2D eigenvalue weighted by Crippen LogP contribution is -2.16. The molecule has 1 N–H and O–H groups in total. The second kappa shape index (κ2) is 5.53. The van der Waals surface area contributed by atoms with E-state index in [1.165, 1.54) is 24.7 Å². The van der Waals surface area contributed by atoms with Gasteiger partial charge in [0, 0.05) is 15.3 Å². The molecule has 0 aliphatic heterocycles. The second-order valence-electron chi connectivity index (χ2n) is 3.89. The van der Waals surface area contributed by atoms with Crippen LogP contribution in [0.4, 0.5) is 0 Å². The molecule has 0 aromatic carbocycles. The molecule has 17 heavy (non-hydrogen) atoms. The highest BCUT2D eigenvalue weighted by Gasteiger charge is 2.19. The van der Waals surface area contributed by atoms with Crippen LogP contribution in [0.1, 0.15) is 26.9 Å². The van der Waals surface area contributed by atoms with Gasteiger partial charge in [-0.2, -0.15) is 0 Å². The molecule has 0 bridgehead atoms. The molecule has 0 saturated heterocycles. The van der Waals surface area contributed by atoms with Crippen LogP contribution >= 0.6 is 54.5 Å². The lowest BCUT2D eigenvalue weighted by Gasteiger charge is -2.13. The molecule has 1 nitrogen and oxygen atoms in total. The fourth-order valence-corrected chi connectivity index (χ4v) is 5.82. The number of thiophene rings is 2. The van der Waals surface area contributed by atoms with Crippen molar-refractivity contribution in [1.82, 2.24) is 5.32 Å². The quantitative estimate of drug-likeness (QED) is 0.748. The van der Waals surface area contributed by atoms with Gasteiger partial charge >= 0.3 is 0 Å². The van der Waals surface area contributed by atoms with E-state index >= 15 is 0 Å². The van der Waals surface area contributed by atoms with Crippen molar-refractivity contribution >= 4 is 54.5 Å². The highest BCUT2D eigenvalue weighted by molar-refractivity contribution is 9.12. The first-order valence-electron chi connectivity index (χ1n) is 5.22. The monoisotopic (exact) mass is 393 g/mol.